The van der Waals surface area contributed by atoms with Gasteiger partial charge in [-0.15, -0.1) is 0 Å². The van der Waals surface area contributed by atoms with Crippen LogP contribution in [0.5, 0.6) is 0 Å². The summed E-state index contributed by atoms with van der Waals surface area (Å²) >= 11 is 0. The molecule has 1 aromatic heterocycles. The van der Waals surface area contributed by atoms with Crippen LogP contribution < -0.4 is 22.3 Å². The number of rotatable bonds is 7. The van der Waals surface area contributed by atoms with E-state index in [9.17, 15) is 9.59 Å². The van der Waals surface area contributed by atoms with Crippen LogP contribution in [0.25, 0.3) is 0 Å². The summed E-state index contributed by atoms with van der Waals surface area (Å²) in [5, 5.41) is 2.95. The number of hydrogen-bond acceptors (Lipinski definition) is 5. The van der Waals surface area contributed by atoms with E-state index in [1.807, 2.05) is 13.8 Å². The molecule has 0 amide bonds. The SMILES string of the molecule is CC(C)OCCCCNc1c(N)n(C)c(=O)[nH]c1=O. The molecule has 0 aliphatic heterocycles. The van der Waals surface area contributed by atoms with E-state index in [0.717, 1.165) is 12.8 Å². The van der Waals surface area contributed by atoms with Gasteiger partial charge in [-0.25, -0.2) is 4.79 Å². The minimum Gasteiger partial charge on any atom is -0.383 e. The highest BCUT2D eigenvalue weighted by atomic mass is 16.5. The lowest BCUT2D eigenvalue weighted by Gasteiger charge is -2.11. The number of hydrogen-bond donors (Lipinski definition) is 3. The molecule has 0 fully saturated rings. The van der Waals surface area contributed by atoms with E-state index in [0.29, 0.717) is 13.2 Å². The Labute approximate surface area is 111 Å². The predicted octanol–water partition coefficient (Wildman–Crippen LogP) is 0.273. The molecule has 108 valence electrons. The Morgan fingerprint density at radius 1 is 1.37 bits per heavy atom. The number of aromatic nitrogens is 2. The summed E-state index contributed by atoms with van der Waals surface area (Å²) in [6.07, 6.45) is 1.98. The van der Waals surface area contributed by atoms with Crippen molar-refractivity contribution in [1.82, 2.24) is 9.55 Å². The zero-order valence-electron chi connectivity index (χ0n) is 11.7. The van der Waals surface area contributed by atoms with E-state index in [2.05, 4.69) is 10.3 Å². The average Bonchev–Trinajstić information content (AvgIpc) is 2.34. The summed E-state index contributed by atoms with van der Waals surface area (Å²) in [5.74, 6) is 0.146. The quantitative estimate of drug-likeness (QED) is 0.617. The Hall–Kier alpha value is -1.76. The number of unbranched alkanes of at least 4 members (excludes halogenated alkanes) is 1. The number of anilines is 2. The molecular formula is C12H22N4O3. The predicted molar refractivity (Wildman–Crippen MR) is 75.5 cm³/mol. The van der Waals surface area contributed by atoms with Crippen LogP contribution in [0.2, 0.25) is 0 Å². The molecule has 0 bridgehead atoms. The van der Waals surface area contributed by atoms with Crippen molar-refractivity contribution in [3.8, 4) is 0 Å². The molecule has 0 saturated heterocycles. The minimum atomic E-state index is -0.515. The van der Waals surface area contributed by atoms with Crippen LogP contribution in [0.4, 0.5) is 11.5 Å². The highest BCUT2D eigenvalue weighted by Crippen LogP contribution is 2.08. The summed E-state index contributed by atoms with van der Waals surface area (Å²) in [5.41, 5.74) is 4.96. The van der Waals surface area contributed by atoms with E-state index in [1.165, 1.54) is 11.6 Å². The lowest BCUT2D eigenvalue weighted by Crippen LogP contribution is -2.32. The summed E-state index contributed by atoms with van der Waals surface area (Å²) in [6, 6.07) is 0. The van der Waals surface area contributed by atoms with Gasteiger partial charge < -0.3 is 15.8 Å². The van der Waals surface area contributed by atoms with Gasteiger partial charge in [-0.2, -0.15) is 0 Å². The molecule has 0 aromatic carbocycles. The van der Waals surface area contributed by atoms with Crippen molar-refractivity contribution in [1.29, 1.82) is 0 Å². The largest absolute Gasteiger partial charge is 0.383 e. The van der Waals surface area contributed by atoms with Crippen LogP contribution in [0.3, 0.4) is 0 Å². The molecule has 0 radical (unpaired) electrons. The number of nitrogen functional groups attached to an aromatic ring is 1. The molecule has 0 saturated carbocycles. The highest BCUT2D eigenvalue weighted by Gasteiger charge is 2.08. The third kappa shape index (κ3) is 4.44. The monoisotopic (exact) mass is 270 g/mol. The molecule has 0 atom stereocenters. The maximum atomic E-state index is 11.6. The Morgan fingerprint density at radius 2 is 2.05 bits per heavy atom. The van der Waals surface area contributed by atoms with Gasteiger partial charge in [-0.3, -0.25) is 14.3 Å². The number of nitrogens with two attached hydrogens (primary N) is 1. The summed E-state index contributed by atoms with van der Waals surface area (Å²) in [6.45, 7) is 5.28. The van der Waals surface area contributed by atoms with Crippen molar-refractivity contribution in [3.05, 3.63) is 20.8 Å². The van der Waals surface area contributed by atoms with Crippen LogP contribution in [0.1, 0.15) is 26.7 Å². The first-order valence-electron chi connectivity index (χ1n) is 6.37. The lowest BCUT2D eigenvalue weighted by atomic mass is 10.3. The molecule has 4 N–H and O–H groups in total. The fraction of sp³-hybridized carbons (Fsp3) is 0.667. The van der Waals surface area contributed by atoms with Gasteiger partial charge in [0, 0.05) is 20.2 Å². The minimum absolute atomic E-state index is 0.146. The first kappa shape index (κ1) is 15.3. The van der Waals surface area contributed by atoms with Crippen molar-refractivity contribution >= 4 is 11.5 Å². The number of H-pyrrole nitrogens is 1. The molecule has 1 heterocycles. The molecule has 0 aliphatic rings. The lowest BCUT2D eigenvalue weighted by molar-refractivity contribution is 0.0765. The second kappa shape index (κ2) is 6.98. The topological polar surface area (TPSA) is 102 Å². The molecule has 0 unspecified atom stereocenters. The molecule has 1 rings (SSSR count). The van der Waals surface area contributed by atoms with Gasteiger partial charge in [0.25, 0.3) is 5.56 Å². The average molecular weight is 270 g/mol. The van der Waals surface area contributed by atoms with Crippen molar-refractivity contribution in [2.75, 3.05) is 24.2 Å². The van der Waals surface area contributed by atoms with E-state index in [1.54, 1.807) is 0 Å². The van der Waals surface area contributed by atoms with Crippen LogP contribution >= 0.6 is 0 Å². The highest BCUT2D eigenvalue weighted by molar-refractivity contribution is 5.60. The van der Waals surface area contributed by atoms with Gasteiger partial charge in [0.2, 0.25) is 0 Å². The molecule has 7 heteroatoms. The normalized spacial score (nSPS) is 10.9. The van der Waals surface area contributed by atoms with Crippen LogP contribution in [0, 0.1) is 0 Å². The van der Waals surface area contributed by atoms with Crippen LogP contribution in [0.15, 0.2) is 9.59 Å². The smallest absolute Gasteiger partial charge is 0.329 e. The van der Waals surface area contributed by atoms with Crippen molar-refractivity contribution in [2.45, 2.75) is 32.8 Å². The zero-order chi connectivity index (χ0) is 14.4. The van der Waals surface area contributed by atoms with Gasteiger partial charge in [-0.1, -0.05) is 0 Å². The van der Waals surface area contributed by atoms with Crippen LogP contribution in [-0.4, -0.2) is 28.8 Å². The molecule has 1 aromatic rings. The second-order valence-corrected chi connectivity index (χ2v) is 4.63. The summed E-state index contributed by atoms with van der Waals surface area (Å²) in [4.78, 5) is 25.1. The number of nitrogens with zero attached hydrogens (tertiary/aromatic N) is 1. The van der Waals surface area contributed by atoms with Crippen LogP contribution in [-0.2, 0) is 11.8 Å². The first-order valence-corrected chi connectivity index (χ1v) is 6.37. The standard InChI is InChI=1S/C12H22N4O3/c1-8(2)19-7-5-4-6-14-9-10(13)16(3)12(18)15-11(9)17/h8,14H,4-7,13H2,1-3H3,(H,15,17,18). The number of ether oxygens (including phenoxy) is 1. The van der Waals surface area contributed by atoms with E-state index >= 15 is 0 Å². The number of nitrogens with one attached hydrogen (secondary N) is 2. The van der Waals surface area contributed by atoms with Gasteiger partial charge in [0.15, 0.2) is 0 Å². The zero-order valence-corrected chi connectivity index (χ0v) is 11.7. The van der Waals surface area contributed by atoms with E-state index in [-0.39, 0.29) is 17.6 Å². The molecular weight excluding hydrogens is 248 g/mol. The van der Waals surface area contributed by atoms with Crippen molar-refractivity contribution < 1.29 is 4.74 Å². The Kier molecular flexibility index (Phi) is 5.62. The van der Waals surface area contributed by atoms with Gasteiger partial charge in [-0.05, 0) is 26.7 Å². The molecule has 0 spiro atoms. The van der Waals surface area contributed by atoms with Gasteiger partial charge in [0.05, 0.1) is 6.10 Å². The molecule has 19 heavy (non-hydrogen) atoms. The Bertz CT molecular complexity index is 519. The fourth-order valence-electron chi connectivity index (χ4n) is 1.57. The molecule has 7 nitrogen and oxygen atoms in total. The van der Waals surface area contributed by atoms with Crippen molar-refractivity contribution in [2.24, 2.45) is 7.05 Å². The second-order valence-electron chi connectivity index (χ2n) is 4.63. The Balaban J connectivity index is 2.48. The van der Waals surface area contributed by atoms with E-state index in [4.69, 9.17) is 10.5 Å². The maximum absolute atomic E-state index is 11.6. The maximum Gasteiger partial charge on any atom is 0.329 e. The Morgan fingerprint density at radius 3 is 2.68 bits per heavy atom. The summed E-state index contributed by atoms with van der Waals surface area (Å²) < 4.78 is 6.61. The fourth-order valence-corrected chi connectivity index (χ4v) is 1.57. The van der Waals surface area contributed by atoms with Gasteiger partial charge in [0.1, 0.15) is 11.5 Å². The third-order valence-corrected chi connectivity index (χ3v) is 2.69. The third-order valence-electron chi connectivity index (χ3n) is 2.69. The van der Waals surface area contributed by atoms with Gasteiger partial charge >= 0.3 is 5.69 Å². The molecule has 0 aliphatic carbocycles. The summed E-state index contributed by atoms with van der Waals surface area (Å²) in [7, 11) is 1.51. The van der Waals surface area contributed by atoms with Crippen molar-refractivity contribution in [3.63, 3.8) is 0 Å². The van der Waals surface area contributed by atoms with E-state index < -0.39 is 11.2 Å². The number of aromatic amines is 1. The first-order chi connectivity index (χ1) is 8.93.